The average molecular weight is 364 g/mol. The van der Waals surface area contributed by atoms with Gasteiger partial charge >= 0.3 is 0 Å². The standard InChI is InChI=1S/C14H24N2O5S2/c1-14(2,3)16(22(5,17)18)11-10-15-23(19,20)13-8-6-12(21-4)7-9-13/h6-9,15H,10-11H2,1-5H3. The smallest absolute Gasteiger partial charge is 0.240 e. The Morgan fingerprint density at radius 3 is 2.00 bits per heavy atom. The number of sulfonamides is 2. The van der Waals surface area contributed by atoms with Gasteiger partial charge in [-0.25, -0.2) is 21.6 Å². The number of nitrogens with one attached hydrogen (secondary N) is 1. The molecule has 0 aromatic heterocycles. The molecule has 1 aromatic rings. The van der Waals surface area contributed by atoms with Crippen molar-refractivity contribution in [1.29, 1.82) is 0 Å². The third-order valence-corrected chi connectivity index (χ3v) is 6.13. The minimum atomic E-state index is -3.70. The minimum Gasteiger partial charge on any atom is -0.497 e. The molecule has 0 spiro atoms. The van der Waals surface area contributed by atoms with Crippen LogP contribution in [0, 0.1) is 0 Å². The maximum atomic E-state index is 12.2. The van der Waals surface area contributed by atoms with E-state index in [0.29, 0.717) is 5.75 Å². The lowest BCUT2D eigenvalue weighted by Gasteiger charge is -2.33. The van der Waals surface area contributed by atoms with E-state index >= 15 is 0 Å². The fraction of sp³-hybridized carbons (Fsp3) is 0.571. The van der Waals surface area contributed by atoms with Crippen molar-refractivity contribution in [2.45, 2.75) is 31.2 Å². The summed E-state index contributed by atoms with van der Waals surface area (Å²) in [6, 6.07) is 5.96. The summed E-state index contributed by atoms with van der Waals surface area (Å²) in [5.41, 5.74) is -0.626. The van der Waals surface area contributed by atoms with E-state index in [1.165, 1.54) is 23.5 Å². The molecule has 0 aliphatic rings. The summed E-state index contributed by atoms with van der Waals surface area (Å²) >= 11 is 0. The second-order valence-corrected chi connectivity index (χ2v) is 9.75. The van der Waals surface area contributed by atoms with Gasteiger partial charge in [-0.15, -0.1) is 0 Å². The summed E-state index contributed by atoms with van der Waals surface area (Å²) in [6.45, 7) is 5.31. The zero-order valence-electron chi connectivity index (χ0n) is 14.0. The Hall–Kier alpha value is -1.16. The maximum absolute atomic E-state index is 12.2. The van der Waals surface area contributed by atoms with Crippen LogP contribution in [-0.2, 0) is 20.0 Å². The normalized spacial score (nSPS) is 13.3. The fourth-order valence-corrected chi connectivity index (χ4v) is 4.56. The van der Waals surface area contributed by atoms with Crippen LogP contribution in [0.4, 0.5) is 0 Å². The maximum Gasteiger partial charge on any atom is 0.240 e. The van der Waals surface area contributed by atoms with E-state index in [-0.39, 0.29) is 18.0 Å². The molecule has 9 heteroatoms. The lowest BCUT2D eigenvalue weighted by molar-refractivity contribution is 0.254. The number of ether oxygens (including phenoxy) is 1. The third kappa shape index (κ3) is 5.76. The zero-order chi connectivity index (χ0) is 17.9. The molecule has 0 saturated heterocycles. The molecule has 1 aromatic carbocycles. The van der Waals surface area contributed by atoms with Gasteiger partial charge in [-0.3, -0.25) is 0 Å². The molecule has 7 nitrogen and oxygen atoms in total. The first-order chi connectivity index (χ1) is 10.4. The summed E-state index contributed by atoms with van der Waals surface area (Å²) in [4.78, 5) is 0.0972. The monoisotopic (exact) mass is 364 g/mol. The van der Waals surface area contributed by atoms with Crippen LogP contribution in [0.25, 0.3) is 0 Å². The Kier molecular flexibility index (Phi) is 6.19. The third-order valence-electron chi connectivity index (χ3n) is 3.13. The highest BCUT2D eigenvalue weighted by atomic mass is 32.2. The first-order valence-corrected chi connectivity index (χ1v) is 10.3. The second-order valence-electron chi connectivity index (χ2n) is 6.08. The van der Waals surface area contributed by atoms with Crippen molar-refractivity contribution in [3.05, 3.63) is 24.3 Å². The predicted molar refractivity (Wildman–Crippen MR) is 89.5 cm³/mol. The first kappa shape index (κ1) is 19.9. The van der Waals surface area contributed by atoms with Gasteiger partial charge in [0.15, 0.2) is 0 Å². The average Bonchev–Trinajstić information content (AvgIpc) is 2.41. The second kappa shape index (κ2) is 7.16. The highest BCUT2D eigenvalue weighted by Gasteiger charge is 2.29. The number of hydrogen-bond donors (Lipinski definition) is 1. The van der Waals surface area contributed by atoms with Crippen LogP contribution in [0.1, 0.15) is 20.8 Å². The fourth-order valence-electron chi connectivity index (χ4n) is 2.12. The molecular formula is C14H24N2O5S2. The van der Waals surface area contributed by atoms with Crippen LogP contribution >= 0.6 is 0 Å². The Morgan fingerprint density at radius 1 is 1.09 bits per heavy atom. The molecule has 0 bridgehead atoms. The summed E-state index contributed by atoms with van der Waals surface area (Å²) < 4.78 is 56.7. The number of benzene rings is 1. The molecule has 1 rings (SSSR count). The van der Waals surface area contributed by atoms with Crippen LogP contribution in [0.15, 0.2) is 29.2 Å². The van der Waals surface area contributed by atoms with E-state index in [2.05, 4.69) is 4.72 Å². The van der Waals surface area contributed by atoms with Gasteiger partial charge in [0, 0.05) is 18.6 Å². The van der Waals surface area contributed by atoms with E-state index < -0.39 is 25.6 Å². The van der Waals surface area contributed by atoms with Crippen molar-refractivity contribution in [3.63, 3.8) is 0 Å². The topological polar surface area (TPSA) is 92.8 Å². The minimum absolute atomic E-state index is 0.0152. The van der Waals surface area contributed by atoms with E-state index in [4.69, 9.17) is 4.74 Å². The van der Waals surface area contributed by atoms with Crippen molar-refractivity contribution in [2.24, 2.45) is 0 Å². The predicted octanol–water partition coefficient (Wildman–Crippen LogP) is 1.03. The molecule has 0 fully saturated rings. The van der Waals surface area contributed by atoms with E-state index in [0.717, 1.165) is 6.26 Å². The zero-order valence-corrected chi connectivity index (χ0v) is 15.7. The first-order valence-electron chi connectivity index (χ1n) is 6.99. The Morgan fingerprint density at radius 2 is 1.61 bits per heavy atom. The molecule has 0 aliphatic heterocycles. The molecule has 23 heavy (non-hydrogen) atoms. The van der Waals surface area contributed by atoms with Crippen molar-refractivity contribution in [1.82, 2.24) is 9.03 Å². The molecule has 0 atom stereocenters. The van der Waals surface area contributed by atoms with E-state index in [1.54, 1.807) is 32.9 Å². The van der Waals surface area contributed by atoms with Crippen molar-refractivity contribution in [3.8, 4) is 5.75 Å². The number of hydrogen-bond acceptors (Lipinski definition) is 5. The van der Waals surface area contributed by atoms with Gasteiger partial charge in [0.25, 0.3) is 0 Å². The van der Waals surface area contributed by atoms with Crippen molar-refractivity contribution < 1.29 is 21.6 Å². The van der Waals surface area contributed by atoms with Crippen LogP contribution in [0.3, 0.4) is 0 Å². The number of nitrogens with zero attached hydrogens (tertiary/aromatic N) is 1. The molecule has 0 saturated carbocycles. The highest BCUT2D eigenvalue weighted by molar-refractivity contribution is 7.89. The van der Waals surface area contributed by atoms with Crippen LogP contribution in [0.2, 0.25) is 0 Å². The molecule has 0 radical (unpaired) electrons. The summed E-state index contributed by atoms with van der Waals surface area (Å²) in [6.07, 6.45) is 1.11. The highest BCUT2D eigenvalue weighted by Crippen LogP contribution is 2.17. The van der Waals surface area contributed by atoms with Crippen LogP contribution in [-0.4, -0.2) is 53.1 Å². The van der Waals surface area contributed by atoms with Gasteiger partial charge in [-0.05, 0) is 45.0 Å². The van der Waals surface area contributed by atoms with Crippen LogP contribution in [0.5, 0.6) is 5.75 Å². The molecular weight excluding hydrogens is 340 g/mol. The molecule has 1 N–H and O–H groups in total. The number of methoxy groups -OCH3 is 1. The molecule has 0 unspecified atom stereocenters. The van der Waals surface area contributed by atoms with Crippen molar-refractivity contribution in [2.75, 3.05) is 26.5 Å². The Labute approximate surface area is 138 Å². The molecule has 132 valence electrons. The largest absolute Gasteiger partial charge is 0.497 e. The lowest BCUT2D eigenvalue weighted by Crippen LogP contribution is -2.48. The summed E-state index contributed by atoms with van der Waals surface area (Å²) in [5, 5.41) is 0. The van der Waals surface area contributed by atoms with Gasteiger partial charge in [0.05, 0.1) is 18.3 Å². The van der Waals surface area contributed by atoms with Gasteiger partial charge < -0.3 is 4.74 Å². The van der Waals surface area contributed by atoms with Crippen molar-refractivity contribution >= 4 is 20.0 Å². The summed E-state index contributed by atoms with van der Waals surface area (Å²) in [7, 11) is -5.64. The molecule has 0 amide bonds. The van der Waals surface area contributed by atoms with E-state index in [9.17, 15) is 16.8 Å². The van der Waals surface area contributed by atoms with Gasteiger partial charge in [0.1, 0.15) is 5.75 Å². The SMILES string of the molecule is COc1ccc(S(=O)(=O)NCCN(C(C)(C)C)S(C)(=O)=O)cc1. The quantitative estimate of drug-likeness (QED) is 0.780. The summed E-state index contributed by atoms with van der Waals surface area (Å²) in [5.74, 6) is 0.555. The Bertz CT molecular complexity index is 719. The van der Waals surface area contributed by atoms with Crippen LogP contribution < -0.4 is 9.46 Å². The molecule has 0 aliphatic carbocycles. The van der Waals surface area contributed by atoms with E-state index in [1.807, 2.05) is 0 Å². The van der Waals surface area contributed by atoms with Gasteiger partial charge in [-0.2, -0.15) is 4.31 Å². The van der Waals surface area contributed by atoms with Gasteiger partial charge in [-0.1, -0.05) is 0 Å². The van der Waals surface area contributed by atoms with Gasteiger partial charge in [0.2, 0.25) is 20.0 Å². The molecule has 0 heterocycles. The Balaban J connectivity index is 2.79. The number of rotatable bonds is 7. The lowest BCUT2D eigenvalue weighted by atomic mass is 10.1.